The zero-order chi connectivity index (χ0) is 9.94. The number of carbonyl (C=O) groups excluding carboxylic acids is 1. The summed E-state index contributed by atoms with van der Waals surface area (Å²) in [6.45, 7) is 7.19. The Balaban J connectivity index is 0.000000223. The van der Waals surface area contributed by atoms with Gasteiger partial charge < -0.3 is 14.2 Å². The normalized spacial score (nSPS) is 13.5. The molecule has 0 saturated carbocycles. The van der Waals surface area contributed by atoms with Crippen molar-refractivity contribution >= 4 is 6.16 Å². The van der Waals surface area contributed by atoms with Crippen molar-refractivity contribution in [3.63, 3.8) is 0 Å². The summed E-state index contributed by atoms with van der Waals surface area (Å²) in [5, 5.41) is 0. The van der Waals surface area contributed by atoms with E-state index in [0.717, 1.165) is 13.0 Å². The molecule has 0 radical (unpaired) electrons. The summed E-state index contributed by atoms with van der Waals surface area (Å²) < 4.78 is 13.4. The van der Waals surface area contributed by atoms with E-state index in [0.29, 0.717) is 13.2 Å². The topological polar surface area (TPSA) is 44.8 Å². The summed E-state index contributed by atoms with van der Waals surface area (Å²) >= 11 is 0. The Bertz CT molecular complexity index is 137. The largest absolute Gasteiger partial charge is 0.508 e. The van der Waals surface area contributed by atoms with Crippen LogP contribution < -0.4 is 0 Å². The van der Waals surface area contributed by atoms with Gasteiger partial charge in [0.05, 0.1) is 12.9 Å². The van der Waals surface area contributed by atoms with Gasteiger partial charge in [-0.05, 0) is 6.42 Å². The monoisotopic (exact) mass is 188 g/mol. The number of rotatable bonds is 4. The van der Waals surface area contributed by atoms with Gasteiger partial charge in [0.2, 0.25) is 0 Å². The molecule has 0 spiro atoms. The van der Waals surface area contributed by atoms with Crippen LogP contribution in [0, 0.1) is 0 Å². The molecule has 0 aromatic heterocycles. The molecule has 0 N–H and O–H groups in total. The van der Waals surface area contributed by atoms with Gasteiger partial charge in [0.1, 0.15) is 13.2 Å². The maximum atomic E-state index is 9.80. The molecule has 1 heterocycles. The highest BCUT2D eigenvalue weighted by Crippen LogP contribution is 1.92. The first-order valence-corrected chi connectivity index (χ1v) is 4.33. The minimum absolute atomic E-state index is 0.416. The minimum Gasteiger partial charge on any atom is -0.502 e. The van der Waals surface area contributed by atoms with E-state index in [-0.39, 0.29) is 0 Å². The quantitative estimate of drug-likeness (QED) is 0.385. The molecule has 4 nitrogen and oxygen atoms in total. The molecule has 1 aliphatic rings. The summed E-state index contributed by atoms with van der Waals surface area (Å²) in [6, 6.07) is 0. The van der Waals surface area contributed by atoms with Crippen LogP contribution in [0.5, 0.6) is 0 Å². The van der Waals surface area contributed by atoms with Crippen LogP contribution in [-0.4, -0.2) is 26.0 Å². The number of ether oxygens (including phenoxy) is 3. The standard InChI is InChI=1S/C6H12O.C3H4O3/c1-3-5-6-7-4-2;4-3-5-1-2-6-3/h4H,2-3,5-6H2,1H3;1-2H2. The van der Waals surface area contributed by atoms with E-state index >= 15 is 0 Å². The highest BCUT2D eigenvalue weighted by atomic mass is 16.8. The second kappa shape index (κ2) is 8.90. The highest BCUT2D eigenvalue weighted by Gasteiger charge is 2.09. The molecular formula is C9H16O4. The number of carbonyl (C=O) groups is 1. The molecule has 1 fully saturated rings. The van der Waals surface area contributed by atoms with Gasteiger partial charge in [0.15, 0.2) is 0 Å². The SMILES string of the molecule is C=COCCCC.O=C1OCCO1. The Morgan fingerprint density at radius 3 is 2.46 bits per heavy atom. The first-order chi connectivity index (χ1) is 6.31. The zero-order valence-corrected chi connectivity index (χ0v) is 7.95. The molecule has 4 heteroatoms. The van der Waals surface area contributed by atoms with Crippen molar-refractivity contribution in [1.29, 1.82) is 0 Å². The molecule has 1 saturated heterocycles. The number of unbranched alkanes of at least 4 members (excludes halogenated alkanes) is 1. The van der Waals surface area contributed by atoms with Crippen molar-refractivity contribution < 1.29 is 19.0 Å². The molecule has 0 aromatic rings. The van der Waals surface area contributed by atoms with Crippen LogP contribution in [0.15, 0.2) is 12.8 Å². The Morgan fingerprint density at radius 1 is 1.54 bits per heavy atom. The van der Waals surface area contributed by atoms with Gasteiger partial charge >= 0.3 is 6.16 Å². The lowest BCUT2D eigenvalue weighted by molar-refractivity contribution is 0.131. The Kier molecular flexibility index (Phi) is 8.09. The molecular weight excluding hydrogens is 172 g/mol. The van der Waals surface area contributed by atoms with Crippen LogP contribution in [0.3, 0.4) is 0 Å². The van der Waals surface area contributed by atoms with Crippen LogP contribution in [-0.2, 0) is 14.2 Å². The maximum absolute atomic E-state index is 9.80. The van der Waals surface area contributed by atoms with Crippen molar-refractivity contribution in [3.05, 3.63) is 12.8 Å². The van der Waals surface area contributed by atoms with Gasteiger partial charge in [0, 0.05) is 0 Å². The molecule has 0 aliphatic carbocycles. The third-order valence-electron chi connectivity index (χ3n) is 1.26. The van der Waals surface area contributed by atoms with Crippen molar-refractivity contribution in [2.24, 2.45) is 0 Å². The smallest absolute Gasteiger partial charge is 0.502 e. The molecule has 1 aliphatic heterocycles. The van der Waals surface area contributed by atoms with E-state index in [1.165, 1.54) is 12.7 Å². The van der Waals surface area contributed by atoms with Crippen molar-refractivity contribution in [3.8, 4) is 0 Å². The molecule has 0 bridgehead atoms. The van der Waals surface area contributed by atoms with Gasteiger partial charge in [-0.1, -0.05) is 19.9 Å². The average Bonchev–Trinajstić information content (AvgIpc) is 2.58. The van der Waals surface area contributed by atoms with E-state index in [1.807, 2.05) is 0 Å². The van der Waals surface area contributed by atoms with Gasteiger partial charge in [-0.3, -0.25) is 0 Å². The second-order valence-electron chi connectivity index (χ2n) is 2.34. The van der Waals surface area contributed by atoms with E-state index in [1.54, 1.807) is 0 Å². The van der Waals surface area contributed by atoms with Crippen molar-refractivity contribution in [1.82, 2.24) is 0 Å². The van der Waals surface area contributed by atoms with Crippen molar-refractivity contribution in [2.75, 3.05) is 19.8 Å². The van der Waals surface area contributed by atoms with Crippen LogP contribution in [0.4, 0.5) is 4.79 Å². The first kappa shape index (κ1) is 11.8. The van der Waals surface area contributed by atoms with Crippen LogP contribution >= 0.6 is 0 Å². The third kappa shape index (κ3) is 8.72. The van der Waals surface area contributed by atoms with E-state index in [9.17, 15) is 4.79 Å². The van der Waals surface area contributed by atoms with E-state index < -0.39 is 6.16 Å². The third-order valence-corrected chi connectivity index (χ3v) is 1.26. The number of hydrogen-bond acceptors (Lipinski definition) is 4. The molecule has 76 valence electrons. The summed E-state index contributed by atoms with van der Waals surface area (Å²) in [5.41, 5.74) is 0. The van der Waals surface area contributed by atoms with Crippen LogP contribution in [0.1, 0.15) is 19.8 Å². The van der Waals surface area contributed by atoms with Gasteiger partial charge in [-0.15, -0.1) is 0 Å². The fraction of sp³-hybridized carbons (Fsp3) is 0.667. The fourth-order valence-corrected chi connectivity index (χ4v) is 0.603. The minimum atomic E-state index is -0.546. The van der Waals surface area contributed by atoms with Gasteiger partial charge in [0.25, 0.3) is 0 Å². The molecule has 1 rings (SSSR count). The number of hydrogen-bond donors (Lipinski definition) is 0. The maximum Gasteiger partial charge on any atom is 0.508 e. The lowest BCUT2D eigenvalue weighted by Crippen LogP contribution is -1.88. The summed E-state index contributed by atoms with van der Waals surface area (Å²) in [6.07, 6.45) is 3.25. The van der Waals surface area contributed by atoms with Gasteiger partial charge in [-0.25, -0.2) is 4.79 Å². The van der Waals surface area contributed by atoms with Crippen LogP contribution in [0.2, 0.25) is 0 Å². The second-order valence-corrected chi connectivity index (χ2v) is 2.34. The van der Waals surface area contributed by atoms with E-state index in [2.05, 4.69) is 23.0 Å². The fourth-order valence-electron chi connectivity index (χ4n) is 0.603. The highest BCUT2D eigenvalue weighted by molar-refractivity contribution is 5.61. The predicted octanol–water partition coefficient (Wildman–Crippen LogP) is 2.10. The molecule has 0 atom stereocenters. The zero-order valence-electron chi connectivity index (χ0n) is 7.95. The molecule has 0 unspecified atom stereocenters. The lowest BCUT2D eigenvalue weighted by atomic mass is 10.4. The van der Waals surface area contributed by atoms with E-state index in [4.69, 9.17) is 4.74 Å². The summed E-state index contributed by atoms with van der Waals surface area (Å²) in [5.74, 6) is 0. The Morgan fingerprint density at radius 2 is 2.15 bits per heavy atom. The molecule has 13 heavy (non-hydrogen) atoms. The molecule has 0 aromatic carbocycles. The van der Waals surface area contributed by atoms with Gasteiger partial charge in [-0.2, -0.15) is 0 Å². The summed E-state index contributed by atoms with van der Waals surface area (Å²) in [4.78, 5) is 9.80. The predicted molar refractivity (Wildman–Crippen MR) is 48.4 cm³/mol. The molecule has 0 amide bonds. The summed E-state index contributed by atoms with van der Waals surface area (Å²) in [7, 11) is 0. The van der Waals surface area contributed by atoms with Crippen molar-refractivity contribution in [2.45, 2.75) is 19.8 Å². The average molecular weight is 188 g/mol. The number of cyclic esters (lactones) is 2. The Labute approximate surface area is 78.5 Å². The Hall–Kier alpha value is -1.19. The first-order valence-electron chi connectivity index (χ1n) is 4.33. The van der Waals surface area contributed by atoms with Crippen LogP contribution in [0.25, 0.3) is 0 Å². The lowest BCUT2D eigenvalue weighted by Gasteiger charge is -1.93.